The number of para-hydroxylation sites is 1. The Hall–Kier alpha value is -2.68. The van der Waals surface area contributed by atoms with Crippen LogP contribution >= 0.6 is 11.3 Å². The minimum absolute atomic E-state index is 0.162. The fourth-order valence-corrected chi connectivity index (χ4v) is 3.83. The Kier molecular flexibility index (Phi) is 8.79. The molecule has 3 aromatic rings. The van der Waals surface area contributed by atoms with E-state index in [0.29, 0.717) is 38.9 Å². The van der Waals surface area contributed by atoms with Crippen LogP contribution in [0.4, 0.5) is 14.5 Å². The molecule has 3 rings (SSSR count). The summed E-state index contributed by atoms with van der Waals surface area (Å²) in [7, 11) is 1.83. The number of thiazole rings is 1. The SMILES string of the molecule is CCC(O)CNC.Cc1cccc(C(=N)c2nc(C)c(-c3ccc(F)c(F)c3)s2)c1N. The van der Waals surface area contributed by atoms with E-state index in [1.807, 2.05) is 33.0 Å². The lowest BCUT2D eigenvalue weighted by Gasteiger charge is -2.07. The molecule has 0 bridgehead atoms. The third kappa shape index (κ3) is 6.16. The van der Waals surface area contributed by atoms with Gasteiger partial charge in [-0.25, -0.2) is 13.8 Å². The Morgan fingerprint density at radius 3 is 2.52 bits per heavy atom. The van der Waals surface area contributed by atoms with Crippen molar-refractivity contribution in [1.82, 2.24) is 10.3 Å². The number of aryl methyl sites for hydroxylation is 2. The highest BCUT2D eigenvalue weighted by Gasteiger charge is 2.17. The summed E-state index contributed by atoms with van der Waals surface area (Å²) in [4.78, 5) is 5.12. The fraction of sp³-hybridized carbons (Fsp3) is 0.304. The standard InChI is InChI=1S/C18H15F2N3S.C5H13NO/c1-9-4-3-5-12(15(9)21)16(22)18-23-10(2)17(24-18)11-6-7-13(19)14(20)8-11;1-3-5(7)4-6-2/h3-8,22H,21H2,1-2H3;5-7H,3-4H2,1-2H3. The summed E-state index contributed by atoms with van der Waals surface area (Å²) in [5.41, 5.74) is 9.54. The van der Waals surface area contributed by atoms with Crippen molar-refractivity contribution >= 4 is 22.7 Å². The Labute approximate surface area is 185 Å². The van der Waals surface area contributed by atoms with Crippen LogP contribution in [0, 0.1) is 30.9 Å². The number of anilines is 1. The molecule has 0 saturated carbocycles. The summed E-state index contributed by atoms with van der Waals surface area (Å²) in [5, 5.41) is 20.5. The van der Waals surface area contributed by atoms with E-state index in [4.69, 9.17) is 16.2 Å². The van der Waals surface area contributed by atoms with Crippen molar-refractivity contribution in [3.05, 3.63) is 69.9 Å². The number of hydrogen-bond acceptors (Lipinski definition) is 6. The molecule has 0 radical (unpaired) electrons. The van der Waals surface area contributed by atoms with Gasteiger partial charge in [0.05, 0.1) is 22.4 Å². The molecule has 0 aliphatic carbocycles. The van der Waals surface area contributed by atoms with Gasteiger partial charge in [-0.1, -0.05) is 31.2 Å². The number of rotatable bonds is 6. The van der Waals surface area contributed by atoms with Crippen LogP contribution in [0.3, 0.4) is 0 Å². The van der Waals surface area contributed by atoms with Gasteiger partial charge in [0.2, 0.25) is 0 Å². The van der Waals surface area contributed by atoms with E-state index in [1.165, 1.54) is 17.4 Å². The first kappa shape index (κ1) is 24.6. The molecule has 2 aromatic carbocycles. The minimum atomic E-state index is -0.903. The van der Waals surface area contributed by atoms with Crippen LogP contribution in [0.2, 0.25) is 0 Å². The maximum absolute atomic E-state index is 13.5. The van der Waals surface area contributed by atoms with E-state index in [0.717, 1.165) is 24.1 Å². The average molecular weight is 447 g/mol. The van der Waals surface area contributed by atoms with Gasteiger partial charge in [-0.2, -0.15) is 0 Å². The zero-order chi connectivity index (χ0) is 23.1. The minimum Gasteiger partial charge on any atom is -0.398 e. The van der Waals surface area contributed by atoms with Gasteiger partial charge in [0.1, 0.15) is 5.01 Å². The number of nitrogens with one attached hydrogen (secondary N) is 2. The predicted octanol–water partition coefficient (Wildman–Crippen LogP) is 4.68. The average Bonchev–Trinajstić information content (AvgIpc) is 3.14. The van der Waals surface area contributed by atoms with Gasteiger partial charge in [0.25, 0.3) is 0 Å². The predicted molar refractivity (Wildman–Crippen MR) is 124 cm³/mol. The fourth-order valence-electron chi connectivity index (χ4n) is 2.80. The van der Waals surface area contributed by atoms with Crippen LogP contribution < -0.4 is 11.1 Å². The number of aliphatic hydroxyl groups excluding tert-OH is 1. The molecule has 1 atom stereocenters. The highest BCUT2D eigenvalue weighted by Crippen LogP contribution is 2.32. The summed E-state index contributed by atoms with van der Waals surface area (Å²) in [6.07, 6.45) is 0.672. The molecule has 0 spiro atoms. The lowest BCUT2D eigenvalue weighted by Crippen LogP contribution is -2.22. The smallest absolute Gasteiger partial charge is 0.159 e. The molecule has 0 aliphatic heterocycles. The van der Waals surface area contributed by atoms with E-state index < -0.39 is 11.6 Å². The van der Waals surface area contributed by atoms with Crippen molar-refractivity contribution in [2.75, 3.05) is 19.3 Å². The van der Waals surface area contributed by atoms with Crippen molar-refractivity contribution in [1.29, 1.82) is 5.41 Å². The summed E-state index contributed by atoms with van der Waals surface area (Å²) in [6.45, 7) is 6.33. The van der Waals surface area contributed by atoms with Crippen LogP contribution in [0.1, 0.15) is 35.2 Å². The van der Waals surface area contributed by atoms with E-state index >= 15 is 0 Å². The number of halogens is 2. The topological polar surface area (TPSA) is 95.0 Å². The van der Waals surface area contributed by atoms with Crippen LogP contribution in [0.15, 0.2) is 36.4 Å². The number of nitrogen functional groups attached to an aromatic ring is 1. The molecule has 0 amide bonds. The summed E-state index contributed by atoms with van der Waals surface area (Å²) >= 11 is 1.26. The second kappa shape index (κ2) is 11.1. The van der Waals surface area contributed by atoms with E-state index in [-0.39, 0.29) is 11.8 Å². The van der Waals surface area contributed by atoms with Gasteiger partial charge in [0, 0.05) is 17.8 Å². The van der Waals surface area contributed by atoms with Gasteiger partial charge in [-0.3, -0.25) is 5.41 Å². The molecule has 0 fully saturated rings. The molecule has 1 heterocycles. The lowest BCUT2D eigenvalue weighted by molar-refractivity contribution is 0.170. The Balaban J connectivity index is 0.000000423. The molecule has 1 aromatic heterocycles. The van der Waals surface area contributed by atoms with Crippen molar-refractivity contribution in [2.45, 2.75) is 33.3 Å². The molecule has 166 valence electrons. The normalized spacial score (nSPS) is 11.6. The molecular formula is C23H28F2N4OS. The van der Waals surface area contributed by atoms with E-state index in [9.17, 15) is 8.78 Å². The monoisotopic (exact) mass is 446 g/mol. The molecule has 1 unspecified atom stereocenters. The molecule has 8 heteroatoms. The second-order valence-electron chi connectivity index (χ2n) is 7.09. The first-order chi connectivity index (χ1) is 14.7. The van der Waals surface area contributed by atoms with Gasteiger partial charge < -0.3 is 16.2 Å². The molecular weight excluding hydrogens is 418 g/mol. The molecule has 0 aliphatic rings. The van der Waals surface area contributed by atoms with Crippen LogP contribution in [0.5, 0.6) is 0 Å². The number of aromatic nitrogens is 1. The maximum atomic E-state index is 13.5. The Bertz CT molecular complexity index is 1050. The number of aliphatic hydroxyl groups is 1. The highest BCUT2D eigenvalue weighted by atomic mass is 32.1. The third-order valence-corrected chi connectivity index (χ3v) is 5.92. The molecule has 5 nitrogen and oxygen atoms in total. The van der Waals surface area contributed by atoms with Crippen molar-refractivity contribution in [3.8, 4) is 10.4 Å². The first-order valence-electron chi connectivity index (χ1n) is 9.89. The number of nitrogens with two attached hydrogens (primary N) is 1. The number of nitrogens with zero attached hydrogens (tertiary/aromatic N) is 1. The van der Waals surface area contributed by atoms with Crippen molar-refractivity contribution in [2.24, 2.45) is 0 Å². The van der Waals surface area contributed by atoms with Gasteiger partial charge >= 0.3 is 0 Å². The van der Waals surface area contributed by atoms with Crippen molar-refractivity contribution in [3.63, 3.8) is 0 Å². The van der Waals surface area contributed by atoms with Gasteiger partial charge in [0.15, 0.2) is 11.6 Å². The summed E-state index contributed by atoms with van der Waals surface area (Å²) < 4.78 is 26.6. The van der Waals surface area contributed by atoms with Crippen LogP contribution in [-0.2, 0) is 0 Å². The largest absolute Gasteiger partial charge is 0.398 e. The van der Waals surface area contributed by atoms with E-state index in [1.54, 1.807) is 13.0 Å². The van der Waals surface area contributed by atoms with Crippen LogP contribution in [-0.4, -0.2) is 35.5 Å². The summed E-state index contributed by atoms with van der Waals surface area (Å²) in [6, 6.07) is 9.24. The summed E-state index contributed by atoms with van der Waals surface area (Å²) in [5.74, 6) is -1.79. The number of likely N-dealkylation sites (N-methyl/N-ethyl adjacent to an activating group) is 1. The zero-order valence-corrected chi connectivity index (χ0v) is 18.9. The van der Waals surface area contributed by atoms with Gasteiger partial charge in [-0.05, 0) is 50.6 Å². The quantitative estimate of drug-likeness (QED) is 0.327. The number of benzene rings is 2. The van der Waals surface area contributed by atoms with Crippen LogP contribution in [0.25, 0.3) is 10.4 Å². The Morgan fingerprint density at radius 1 is 1.23 bits per heavy atom. The highest BCUT2D eigenvalue weighted by molar-refractivity contribution is 7.17. The molecule has 0 saturated heterocycles. The second-order valence-corrected chi connectivity index (χ2v) is 8.09. The maximum Gasteiger partial charge on any atom is 0.159 e. The van der Waals surface area contributed by atoms with E-state index in [2.05, 4.69) is 10.3 Å². The third-order valence-electron chi connectivity index (χ3n) is 4.70. The first-order valence-corrected chi connectivity index (χ1v) is 10.7. The van der Waals surface area contributed by atoms with Crippen molar-refractivity contribution < 1.29 is 13.9 Å². The molecule has 5 N–H and O–H groups in total. The zero-order valence-electron chi connectivity index (χ0n) is 18.1. The Morgan fingerprint density at radius 2 is 1.94 bits per heavy atom. The number of hydrogen-bond donors (Lipinski definition) is 4. The molecule has 31 heavy (non-hydrogen) atoms. The lowest BCUT2D eigenvalue weighted by atomic mass is 10.0. The van der Waals surface area contributed by atoms with Gasteiger partial charge in [-0.15, -0.1) is 11.3 Å².